The first kappa shape index (κ1) is 12.2. The summed E-state index contributed by atoms with van der Waals surface area (Å²) >= 11 is 0. The van der Waals surface area contributed by atoms with Crippen molar-refractivity contribution in [3.63, 3.8) is 0 Å². The highest BCUT2D eigenvalue weighted by atomic mass is 16.6. The van der Waals surface area contributed by atoms with E-state index in [1.54, 1.807) is 0 Å². The van der Waals surface area contributed by atoms with Gasteiger partial charge in [0.1, 0.15) is 0 Å². The van der Waals surface area contributed by atoms with Crippen molar-refractivity contribution in [1.82, 2.24) is 0 Å². The molecule has 0 heterocycles. The lowest BCUT2D eigenvalue weighted by atomic mass is 10.4. The van der Waals surface area contributed by atoms with Crippen LogP contribution in [-0.4, -0.2) is 21.8 Å². The van der Waals surface area contributed by atoms with Gasteiger partial charge in [0, 0.05) is 0 Å². The van der Waals surface area contributed by atoms with Crippen molar-refractivity contribution in [2.75, 3.05) is 0 Å². The van der Waals surface area contributed by atoms with Crippen LogP contribution in [0.25, 0.3) is 0 Å². The molecule has 0 saturated carbocycles. The molecule has 0 fully saturated rings. The fraction of sp³-hybridized carbons (Fsp3) is 0. The molecule has 1 rings (SSSR count). The second-order valence-electron chi connectivity index (χ2n) is 1.44. The highest BCUT2D eigenvalue weighted by molar-refractivity contribution is 5.53. The molecule has 4 N–H and O–H groups in total. The third-order valence-electron chi connectivity index (χ3n) is 0.667. The van der Waals surface area contributed by atoms with Crippen LogP contribution in [0.4, 0.5) is 4.79 Å². The summed E-state index contributed by atoms with van der Waals surface area (Å²) < 4.78 is 0. The number of hydrogen-bond acceptors (Lipinski definition) is 1. The first-order valence-corrected chi connectivity index (χ1v) is 2.65. The van der Waals surface area contributed by atoms with Crippen molar-refractivity contribution in [3.05, 3.63) is 36.4 Å². The zero-order chi connectivity index (χ0) is 7.82. The normalized spacial score (nSPS) is 6.55. The quantitative estimate of drug-likeness (QED) is 0.592. The van der Waals surface area contributed by atoms with Crippen LogP contribution in [0.1, 0.15) is 0 Å². The summed E-state index contributed by atoms with van der Waals surface area (Å²) in [5.74, 6) is 0. The first-order valence-electron chi connectivity index (χ1n) is 2.65. The van der Waals surface area contributed by atoms with Crippen LogP contribution in [-0.2, 0) is 0 Å². The molecule has 62 valence electrons. The zero-order valence-electron chi connectivity index (χ0n) is 5.77. The molecular formula is C7H10O4. The predicted molar refractivity (Wildman–Crippen MR) is 40.7 cm³/mol. The fourth-order valence-corrected chi connectivity index (χ4v) is 0.385. The topological polar surface area (TPSA) is 89.0 Å². The van der Waals surface area contributed by atoms with Gasteiger partial charge in [0.25, 0.3) is 0 Å². The number of hydrogen-bond donors (Lipinski definition) is 2. The van der Waals surface area contributed by atoms with Crippen molar-refractivity contribution in [3.8, 4) is 0 Å². The molecule has 1 aromatic rings. The molecule has 0 aromatic heterocycles. The number of carbonyl (C=O) groups is 1. The molecule has 0 aliphatic rings. The summed E-state index contributed by atoms with van der Waals surface area (Å²) in [6.07, 6.45) is -1.83. The molecule has 0 radical (unpaired) electrons. The van der Waals surface area contributed by atoms with Crippen LogP contribution >= 0.6 is 0 Å². The maximum absolute atomic E-state index is 8.56. The molecule has 11 heavy (non-hydrogen) atoms. The molecule has 0 aliphatic carbocycles. The highest BCUT2D eigenvalue weighted by Crippen LogP contribution is 1.79. The van der Waals surface area contributed by atoms with Crippen molar-refractivity contribution < 1.29 is 20.5 Å². The van der Waals surface area contributed by atoms with E-state index in [0.717, 1.165) is 0 Å². The number of benzene rings is 1. The molecular weight excluding hydrogens is 148 g/mol. The second-order valence-corrected chi connectivity index (χ2v) is 1.44. The molecule has 1 aromatic carbocycles. The van der Waals surface area contributed by atoms with E-state index in [2.05, 4.69) is 0 Å². The Labute approximate surface area is 64.0 Å². The zero-order valence-corrected chi connectivity index (χ0v) is 5.77. The first-order chi connectivity index (χ1) is 4.73. The van der Waals surface area contributed by atoms with Gasteiger partial charge in [-0.05, 0) is 0 Å². The van der Waals surface area contributed by atoms with Crippen molar-refractivity contribution in [2.45, 2.75) is 0 Å². The molecule has 4 heteroatoms. The van der Waals surface area contributed by atoms with Gasteiger partial charge in [-0.25, -0.2) is 4.79 Å². The Morgan fingerprint density at radius 2 is 0.909 bits per heavy atom. The maximum atomic E-state index is 8.56. The van der Waals surface area contributed by atoms with Gasteiger partial charge in [-0.2, -0.15) is 0 Å². The van der Waals surface area contributed by atoms with E-state index < -0.39 is 6.16 Å². The summed E-state index contributed by atoms with van der Waals surface area (Å²) in [5.41, 5.74) is 0. The Hall–Kier alpha value is -1.55. The molecule has 0 atom stereocenters. The summed E-state index contributed by atoms with van der Waals surface area (Å²) in [6, 6.07) is 12.0. The predicted octanol–water partition coefficient (Wildman–Crippen LogP) is 1.08. The summed E-state index contributed by atoms with van der Waals surface area (Å²) in [4.78, 5) is 8.56. The summed E-state index contributed by atoms with van der Waals surface area (Å²) in [6.45, 7) is 0. The fourth-order valence-electron chi connectivity index (χ4n) is 0.385. The number of carboxylic acid groups (broad SMARTS) is 2. The van der Waals surface area contributed by atoms with E-state index in [1.807, 2.05) is 36.4 Å². The Morgan fingerprint density at radius 1 is 0.818 bits per heavy atom. The smallest absolute Gasteiger partial charge is 0.450 e. The minimum Gasteiger partial charge on any atom is -0.450 e. The van der Waals surface area contributed by atoms with Crippen LogP contribution in [0.2, 0.25) is 0 Å². The van der Waals surface area contributed by atoms with Crippen LogP contribution in [0.15, 0.2) is 36.4 Å². The average molecular weight is 158 g/mol. The van der Waals surface area contributed by atoms with Gasteiger partial charge in [0.2, 0.25) is 0 Å². The SMILES string of the molecule is O.O=C(O)O.c1ccccc1. The third-order valence-corrected chi connectivity index (χ3v) is 0.667. The monoisotopic (exact) mass is 158 g/mol. The van der Waals surface area contributed by atoms with Crippen LogP contribution in [0, 0.1) is 0 Å². The molecule has 4 nitrogen and oxygen atoms in total. The Balaban J connectivity index is 0. The lowest BCUT2D eigenvalue weighted by Crippen LogP contribution is -1.81. The van der Waals surface area contributed by atoms with E-state index in [4.69, 9.17) is 15.0 Å². The molecule has 0 aliphatic heterocycles. The van der Waals surface area contributed by atoms with Crippen molar-refractivity contribution in [1.29, 1.82) is 0 Å². The minimum atomic E-state index is -1.83. The summed E-state index contributed by atoms with van der Waals surface area (Å²) in [5, 5.41) is 13.9. The van der Waals surface area contributed by atoms with Gasteiger partial charge in [0.15, 0.2) is 0 Å². The lowest BCUT2D eigenvalue weighted by molar-refractivity contribution is 0.137. The standard InChI is InChI=1S/C6H6.CH2O3.H2O/c1-2-4-6-5-3-1;2-1(3)4;/h1-6H;(H2,2,3,4);1H2. The van der Waals surface area contributed by atoms with E-state index in [9.17, 15) is 0 Å². The van der Waals surface area contributed by atoms with Gasteiger partial charge >= 0.3 is 6.16 Å². The number of rotatable bonds is 0. The van der Waals surface area contributed by atoms with Gasteiger partial charge in [0.05, 0.1) is 0 Å². The van der Waals surface area contributed by atoms with Crippen LogP contribution in [0.5, 0.6) is 0 Å². The van der Waals surface area contributed by atoms with Crippen LogP contribution in [0.3, 0.4) is 0 Å². The van der Waals surface area contributed by atoms with E-state index in [0.29, 0.717) is 0 Å². The van der Waals surface area contributed by atoms with E-state index in [1.165, 1.54) is 0 Å². The Bertz CT molecular complexity index is 142. The third kappa shape index (κ3) is 17.8. The van der Waals surface area contributed by atoms with Gasteiger partial charge in [-0.3, -0.25) is 0 Å². The van der Waals surface area contributed by atoms with Crippen LogP contribution < -0.4 is 0 Å². The molecule has 0 amide bonds. The highest BCUT2D eigenvalue weighted by Gasteiger charge is 1.70. The van der Waals surface area contributed by atoms with Gasteiger partial charge < -0.3 is 15.7 Å². The average Bonchev–Trinajstić information content (AvgIpc) is 1.90. The van der Waals surface area contributed by atoms with Gasteiger partial charge in [-0.15, -0.1) is 0 Å². The molecule has 0 unspecified atom stereocenters. The van der Waals surface area contributed by atoms with Gasteiger partial charge in [-0.1, -0.05) is 36.4 Å². The Morgan fingerprint density at radius 3 is 1.00 bits per heavy atom. The van der Waals surface area contributed by atoms with Crippen molar-refractivity contribution in [2.24, 2.45) is 0 Å². The van der Waals surface area contributed by atoms with Crippen molar-refractivity contribution >= 4 is 6.16 Å². The molecule has 0 saturated heterocycles. The largest absolute Gasteiger partial charge is 0.503 e. The second kappa shape index (κ2) is 8.45. The Kier molecular flexibility index (Phi) is 9.34. The molecule has 0 spiro atoms. The lowest BCUT2D eigenvalue weighted by Gasteiger charge is -1.69. The van der Waals surface area contributed by atoms with E-state index in [-0.39, 0.29) is 5.48 Å². The summed E-state index contributed by atoms with van der Waals surface area (Å²) in [7, 11) is 0. The molecule has 0 bridgehead atoms. The minimum absolute atomic E-state index is 0. The van der Waals surface area contributed by atoms with E-state index >= 15 is 0 Å². The maximum Gasteiger partial charge on any atom is 0.503 e.